The van der Waals surface area contributed by atoms with Crippen LogP contribution in [0.5, 0.6) is 6.01 Å². The normalized spacial score (nSPS) is 27.5. The summed E-state index contributed by atoms with van der Waals surface area (Å²) in [5.74, 6) is 0. The van der Waals surface area contributed by atoms with Crippen LogP contribution in [0.2, 0.25) is 0 Å². The van der Waals surface area contributed by atoms with Crippen molar-refractivity contribution in [3.8, 4) is 6.01 Å². The van der Waals surface area contributed by atoms with Crippen LogP contribution in [0.1, 0.15) is 32.1 Å². The van der Waals surface area contributed by atoms with Crippen LogP contribution in [0.25, 0.3) is 0 Å². The van der Waals surface area contributed by atoms with Crippen LogP contribution >= 0.6 is 0 Å². The van der Waals surface area contributed by atoms with Gasteiger partial charge in [-0.25, -0.2) is 0 Å². The van der Waals surface area contributed by atoms with Gasteiger partial charge < -0.3 is 14.4 Å². The van der Waals surface area contributed by atoms with Gasteiger partial charge >= 0.3 is 6.01 Å². The molecule has 6 heteroatoms. The van der Waals surface area contributed by atoms with Crippen molar-refractivity contribution in [2.24, 2.45) is 0 Å². The van der Waals surface area contributed by atoms with Gasteiger partial charge in [0.1, 0.15) is 18.4 Å². The summed E-state index contributed by atoms with van der Waals surface area (Å²) in [4.78, 5) is 17.9. The van der Waals surface area contributed by atoms with E-state index in [9.17, 15) is 4.79 Å². The van der Waals surface area contributed by atoms with E-state index in [1.807, 2.05) is 4.57 Å². The Hall–Kier alpha value is -1.40. The quantitative estimate of drug-likeness (QED) is 0.821. The van der Waals surface area contributed by atoms with E-state index < -0.39 is 0 Å². The molecular weight excluding hydrogens is 258 g/mol. The molecule has 0 amide bonds. The van der Waals surface area contributed by atoms with Gasteiger partial charge in [0.05, 0.1) is 0 Å². The van der Waals surface area contributed by atoms with Crippen LogP contribution in [0.3, 0.4) is 0 Å². The average Bonchev–Trinajstić information content (AvgIpc) is 2.76. The summed E-state index contributed by atoms with van der Waals surface area (Å²) in [6, 6.07) is 0.392. The molecule has 0 unspecified atom stereocenters. The van der Waals surface area contributed by atoms with Gasteiger partial charge in [-0.2, -0.15) is 4.98 Å². The molecule has 0 aliphatic carbocycles. The Bertz CT molecular complexity index is 553. The fourth-order valence-electron chi connectivity index (χ4n) is 2.88. The van der Waals surface area contributed by atoms with Crippen molar-refractivity contribution in [3.63, 3.8) is 0 Å². The molecule has 1 aromatic heterocycles. The first kappa shape index (κ1) is 13.6. The predicted octanol–water partition coefficient (Wildman–Crippen LogP) is 0.942. The highest BCUT2D eigenvalue weighted by atomic mass is 16.6. The van der Waals surface area contributed by atoms with Crippen LogP contribution in [0, 0.1) is 6.92 Å². The molecule has 0 saturated carbocycles. The monoisotopic (exact) mass is 279 g/mol. The van der Waals surface area contributed by atoms with Gasteiger partial charge in [-0.3, -0.25) is 9.36 Å². The lowest BCUT2D eigenvalue weighted by molar-refractivity contribution is -0.0134. The number of aromatic nitrogens is 2. The topological polar surface area (TPSA) is 56.6 Å². The van der Waals surface area contributed by atoms with E-state index in [-0.39, 0.29) is 24.0 Å². The molecule has 0 spiro atoms. The summed E-state index contributed by atoms with van der Waals surface area (Å²) >= 11 is 0. The van der Waals surface area contributed by atoms with E-state index >= 15 is 0 Å². The second-order valence-corrected chi connectivity index (χ2v) is 5.43. The molecule has 1 aromatic rings. The minimum Gasteiger partial charge on any atom is -0.458 e. The molecule has 2 aliphatic heterocycles. The Kier molecular flexibility index (Phi) is 3.52. The van der Waals surface area contributed by atoms with Crippen molar-refractivity contribution < 1.29 is 9.47 Å². The zero-order valence-corrected chi connectivity index (χ0v) is 12.2. The van der Waals surface area contributed by atoms with Crippen molar-refractivity contribution >= 4 is 0 Å². The van der Waals surface area contributed by atoms with Crippen molar-refractivity contribution in [2.75, 3.05) is 19.6 Å². The molecule has 0 radical (unpaired) electrons. The second-order valence-electron chi connectivity index (χ2n) is 5.43. The largest absolute Gasteiger partial charge is 0.458 e. The minimum atomic E-state index is -0.224. The summed E-state index contributed by atoms with van der Waals surface area (Å²) in [6.07, 6.45) is 2.58. The summed E-state index contributed by atoms with van der Waals surface area (Å²) in [5.41, 5.74) is 0.393. The van der Waals surface area contributed by atoms with Crippen molar-refractivity contribution in [3.05, 3.63) is 22.1 Å². The fourth-order valence-corrected chi connectivity index (χ4v) is 2.88. The van der Waals surface area contributed by atoms with Crippen LogP contribution in [-0.4, -0.2) is 46.3 Å². The van der Waals surface area contributed by atoms with Gasteiger partial charge in [-0.05, 0) is 20.0 Å². The molecule has 3 heterocycles. The zero-order valence-electron chi connectivity index (χ0n) is 12.2. The second kappa shape index (κ2) is 5.18. The van der Waals surface area contributed by atoms with Crippen molar-refractivity contribution in [2.45, 2.75) is 45.6 Å². The first-order chi connectivity index (χ1) is 9.62. The third kappa shape index (κ3) is 2.23. The van der Waals surface area contributed by atoms with E-state index in [2.05, 4.69) is 23.7 Å². The third-order valence-electron chi connectivity index (χ3n) is 4.17. The summed E-state index contributed by atoms with van der Waals surface area (Å²) in [7, 11) is 0. The Morgan fingerprint density at radius 3 is 2.90 bits per heavy atom. The number of hydrogen-bond acceptors (Lipinski definition) is 5. The first-order valence-corrected chi connectivity index (χ1v) is 7.26. The third-order valence-corrected chi connectivity index (χ3v) is 4.17. The number of ether oxygens (including phenoxy) is 2. The Labute approximate surface area is 118 Å². The van der Waals surface area contributed by atoms with Gasteiger partial charge in [0, 0.05) is 24.7 Å². The number of nitrogens with zero attached hydrogens (tertiary/aromatic N) is 3. The summed E-state index contributed by atoms with van der Waals surface area (Å²) in [6.45, 7) is 8.89. The maximum Gasteiger partial charge on any atom is 0.302 e. The minimum absolute atomic E-state index is 0.00444. The Balaban J connectivity index is 1.82. The molecule has 1 fully saturated rings. The van der Waals surface area contributed by atoms with Crippen LogP contribution in [0.15, 0.2) is 11.0 Å². The lowest BCUT2D eigenvalue weighted by Crippen LogP contribution is -2.39. The molecule has 0 aromatic carbocycles. The lowest BCUT2D eigenvalue weighted by Gasteiger charge is -2.25. The average molecular weight is 279 g/mol. The standard InChI is InChI=1S/C14H21N3O3/c1-4-16(5-2)8-11-10-6-12(19-11)17-7-9(3)13(18)15-14(17)20-10/h7,10-12H,4-6,8H2,1-3H3/t10-,11-,12-/m0/s1. The van der Waals surface area contributed by atoms with E-state index in [1.165, 1.54) is 0 Å². The van der Waals surface area contributed by atoms with Crippen molar-refractivity contribution in [1.82, 2.24) is 14.5 Å². The Morgan fingerprint density at radius 1 is 1.45 bits per heavy atom. The molecule has 2 aliphatic rings. The number of aryl methyl sites for hydroxylation is 1. The predicted molar refractivity (Wildman–Crippen MR) is 74.0 cm³/mol. The molecule has 0 N–H and O–H groups in total. The molecular formula is C14H21N3O3. The highest BCUT2D eigenvalue weighted by Gasteiger charge is 2.43. The maximum atomic E-state index is 11.6. The molecule has 6 nitrogen and oxygen atoms in total. The van der Waals surface area contributed by atoms with Crippen LogP contribution in [-0.2, 0) is 4.74 Å². The van der Waals surface area contributed by atoms with Gasteiger partial charge in [0.2, 0.25) is 0 Å². The highest BCUT2D eigenvalue weighted by Crippen LogP contribution is 2.37. The van der Waals surface area contributed by atoms with E-state index in [0.717, 1.165) is 26.1 Å². The van der Waals surface area contributed by atoms with E-state index in [0.29, 0.717) is 11.6 Å². The highest BCUT2D eigenvalue weighted by molar-refractivity contribution is 5.13. The molecule has 3 atom stereocenters. The fraction of sp³-hybridized carbons (Fsp3) is 0.714. The first-order valence-electron chi connectivity index (χ1n) is 7.26. The maximum absolute atomic E-state index is 11.6. The molecule has 20 heavy (non-hydrogen) atoms. The number of likely N-dealkylation sites (N-methyl/N-ethyl adjacent to an activating group) is 1. The van der Waals surface area contributed by atoms with Crippen LogP contribution in [0.4, 0.5) is 0 Å². The lowest BCUT2D eigenvalue weighted by atomic mass is 10.1. The van der Waals surface area contributed by atoms with Crippen LogP contribution < -0.4 is 10.3 Å². The number of fused-ring (bicyclic) bond motifs is 4. The molecule has 1 saturated heterocycles. The molecule has 3 rings (SSSR count). The number of rotatable bonds is 4. The molecule has 2 bridgehead atoms. The van der Waals surface area contributed by atoms with E-state index in [4.69, 9.17) is 9.47 Å². The smallest absolute Gasteiger partial charge is 0.302 e. The van der Waals surface area contributed by atoms with Gasteiger partial charge in [-0.15, -0.1) is 0 Å². The van der Waals surface area contributed by atoms with Gasteiger partial charge in [0.25, 0.3) is 5.56 Å². The van der Waals surface area contributed by atoms with Gasteiger partial charge in [-0.1, -0.05) is 13.8 Å². The summed E-state index contributed by atoms with van der Waals surface area (Å²) < 4.78 is 13.8. The summed E-state index contributed by atoms with van der Waals surface area (Å²) in [5, 5.41) is 0. The molecule has 110 valence electrons. The SMILES string of the molecule is CCN(CC)C[C@@H]1O[C@H]2C[C@@H]1Oc1nc(=O)c(C)cn12. The van der Waals surface area contributed by atoms with E-state index in [1.54, 1.807) is 13.1 Å². The van der Waals surface area contributed by atoms with Gasteiger partial charge in [0.15, 0.2) is 0 Å². The Morgan fingerprint density at radius 2 is 2.20 bits per heavy atom. The number of hydrogen-bond donors (Lipinski definition) is 0. The zero-order chi connectivity index (χ0) is 14.3. The van der Waals surface area contributed by atoms with Crippen molar-refractivity contribution in [1.29, 1.82) is 0 Å².